The molecule has 0 aliphatic carbocycles. The van der Waals surface area contributed by atoms with Gasteiger partial charge >= 0.3 is 0 Å². The van der Waals surface area contributed by atoms with Crippen molar-refractivity contribution in [3.63, 3.8) is 0 Å². The summed E-state index contributed by atoms with van der Waals surface area (Å²) >= 11 is 3.47. The van der Waals surface area contributed by atoms with Crippen LogP contribution in [0.25, 0.3) is 0 Å². The summed E-state index contributed by atoms with van der Waals surface area (Å²) in [6, 6.07) is 7.68. The van der Waals surface area contributed by atoms with E-state index in [9.17, 15) is 0 Å². The molecule has 0 aliphatic rings. The minimum Gasteiger partial charge on any atom is -0.497 e. The minimum absolute atomic E-state index is 0.576. The molecule has 0 saturated heterocycles. The third-order valence-corrected chi connectivity index (χ3v) is 3.26. The maximum atomic E-state index is 5.66. The van der Waals surface area contributed by atoms with Crippen LogP contribution in [0.5, 0.6) is 11.5 Å². The summed E-state index contributed by atoms with van der Waals surface area (Å²) in [4.78, 5) is 0. The molecule has 0 spiro atoms. The summed E-state index contributed by atoms with van der Waals surface area (Å²) in [5, 5.41) is 0.986. The predicted molar refractivity (Wildman–Crippen MR) is 66.1 cm³/mol. The first-order valence-corrected chi connectivity index (χ1v) is 6.25. The third-order valence-electron chi connectivity index (χ3n) is 2.34. The Morgan fingerprint density at radius 3 is 2.27 bits per heavy atom. The lowest BCUT2D eigenvalue weighted by atomic mass is 10.1. The van der Waals surface area contributed by atoms with Gasteiger partial charge in [-0.2, -0.15) is 0 Å². The standard InChI is InChI=1S/C12H17BrO2/c1-3-10(8-13)9-15-12-6-4-11(14-2)5-7-12/h4-7,10H,3,8-9H2,1-2H3. The van der Waals surface area contributed by atoms with Crippen molar-refractivity contribution in [3.8, 4) is 11.5 Å². The molecule has 2 nitrogen and oxygen atoms in total. The summed E-state index contributed by atoms with van der Waals surface area (Å²) < 4.78 is 10.7. The Labute approximate surface area is 99.7 Å². The fraction of sp³-hybridized carbons (Fsp3) is 0.500. The first-order chi connectivity index (χ1) is 7.30. The SMILES string of the molecule is CCC(CBr)COc1ccc(OC)cc1. The maximum absolute atomic E-state index is 5.66. The van der Waals surface area contributed by atoms with Crippen molar-refractivity contribution in [3.05, 3.63) is 24.3 Å². The van der Waals surface area contributed by atoms with E-state index in [4.69, 9.17) is 9.47 Å². The molecule has 0 radical (unpaired) electrons. The zero-order valence-electron chi connectivity index (χ0n) is 9.20. The molecule has 1 atom stereocenters. The van der Waals surface area contributed by atoms with Gasteiger partial charge < -0.3 is 9.47 Å². The molecule has 3 heteroatoms. The van der Waals surface area contributed by atoms with Gasteiger partial charge in [-0.3, -0.25) is 0 Å². The van der Waals surface area contributed by atoms with Crippen molar-refractivity contribution >= 4 is 15.9 Å². The van der Waals surface area contributed by atoms with E-state index in [1.54, 1.807) is 7.11 Å². The van der Waals surface area contributed by atoms with Gasteiger partial charge in [0.2, 0.25) is 0 Å². The highest BCUT2D eigenvalue weighted by molar-refractivity contribution is 9.09. The van der Waals surface area contributed by atoms with Crippen molar-refractivity contribution in [1.29, 1.82) is 0 Å². The summed E-state index contributed by atoms with van der Waals surface area (Å²) in [5.74, 6) is 2.33. The number of methoxy groups -OCH3 is 1. The molecular formula is C12H17BrO2. The minimum atomic E-state index is 0.576. The molecule has 1 aromatic rings. The first kappa shape index (κ1) is 12.4. The Kier molecular flexibility index (Phi) is 5.54. The van der Waals surface area contributed by atoms with Crippen LogP contribution in [-0.4, -0.2) is 19.0 Å². The van der Waals surface area contributed by atoms with Crippen LogP contribution in [0.4, 0.5) is 0 Å². The number of ether oxygens (including phenoxy) is 2. The van der Waals surface area contributed by atoms with E-state index in [1.165, 1.54) is 0 Å². The van der Waals surface area contributed by atoms with Crippen molar-refractivity contribution in [2.24, 2.45) is 5.92 Å². The molecule has 0 bridgehead atoms. The average Bonchev–Trinajstić information content (AvgIpc) is 2.31. The second kappa shape index (κ2) is 6.72. The van der Waals surface area contributed by atoms with Gasteiger partial charge in [-0.25, -0.2) is 0 Å². The largest absolute Gasteiger partial charge is 0.497 e. The number of benzene rings is 1. The van der Waals surface area contributed by atoms with Crippen molar-refractivity contribution in [1.82, 2.24) is 0 Å². The zero-order valence-corrected chi connectivity index (χ0v) is 10.8. The van der Waals surface area contributed by atoms with Gasteiger partial charge in [-0.05, 0) is 30.7 Å². The molecular weight excluding hydrogens is 256 g/mol. The predicted octanol–water partition coefficient (Wildman–Crippen LogP) is 3.50. The van der Waals surface area contributed by atoms with Crippen LogP contribution in [-0.2, 0) is 0 Å². The molecule has 84 valence electrons. The lowest BCUT2D eigenvalue weighted by Gasteiger charge is -2.13. The van der Waals surface area contributed by atoms with Gasteiger partial charge in [0.05, 0.1) is 13.7 Å². The first-order valence-electron chi connectivity index (χ1n) is 5.13. The second-order valence-corrected chi connectivity index (χ2v) is 4.06. The van der Waals surface area contributed by atoms with Crippen molar-refractivity contribution < 1.29 is 9.47 Å². The van der Waals surface area contributed by atoms with Gasteiger partial charge in [0.25, 0.3) is 0 Å². The van der Waals surface area contributed by atoms with E-state index in [2.05, 4.69) is 22.9 Å². The topological polar surface area (TPSA) is 18.5 Å². The Balaban J connectivity index is 2.43. The molecule has 0 saturated carbocycles. The van der Waals surface area contributed by atoms with E-state index in [0.29, 0.717) is 5.92 Å². The number of rotatable bonds is 6. The van der Waals surface area contributed by atoms with Crippen LogP contribution >= 0.6 is 15.9 Å². The smallest absolute Gasteiger partial charge is 0.119 e. The van der Waals surface area contributed by atoms with Crippen LogP contribution in [0.3, 0.4) is 0 Å². The quantitative estimate of drug-likeness (QED) is 0.738. The van der Waals surface area contributed by atoms with E-state index in [1.807, 2.05) is 24.3 Å². The highest BCUT2D eigenvalue weighted by Crippen LogP contribution is 2.18. The fourth-order valence-corrected chi connectivity index (χ4v) is 1.80. The number of hydrogen-bond acceptors (Lipinski definition) is 2. The molecule has 0 fully saturated rings. The number of alkyl halides is 1. The lowest BCUT2D eigenvalue weighted by Crippen LogP contribution is -2.12. The van der Waals surface area contributed by atoms with Crippen LogP contribution in [0.2, 0.25) is 0 Å². The average molecular weight is 273 g/mol. The fourth-order valence-electron chi connectivity index (χ4n) is 1.16. The van der Waals surface area contributed by atoms with Gasteiger partial charge in [-0.1, -0.05) is 22.9 Å². The van der Waals surface area contributed by atoms with Crippen LogP contribution in [0, 0.1) is 5.92 Å². The van der Waals surface area contributed by atoms with E-state index < -0.39 is 0 Å². The molecule has 0 aliphatic heterocycles. The monoisotopic (exact) mass is 272 g/mol. The molecule has 0 heterocycles. The summed E-state index contributed by atoms with van der Waals surface area (Å²) in [6.45, 7) is 2.93. The van der Waals surface area contributed by atoms with Gasteiger partial charge in [-0.15, -0.1) is 0 Å². The van der Waals surface area contributed by atoms with Gasteiger partial charge in [0.1, 0.15) is 11.5 Å². The molecule has 0 N–H and O–H groups in total. The van der Waals surface area contributed by atoms with Gasteiger partial charge in [0, 0.05) is 11.2 Å². The maximum Gasteiger partial charge on any atom is 0.119 e. The highest BCUT2D eigenvalue weighted by atomic mass is 79.9. The van der Waals surface area contributed by atoms with Crippen LogP contribution in [0.1, 0.15) is 13.3 Å². The third kappa shape index (κ3) is 4.12. The Morgan fingerprint density at radius 1 is 1.20 bits per heavy atom. The molecule has 0 amide bonds. The van der Waals surface area contributed by atoms with E-state index in [-0.39, 0.29) is 0 Å². The lowest BCUT2D eigenvalue weighted by molar-refractivity contribution is 0.259. The summed E-state index contributed by atoms with van der Waals surface area (Å²) in [7, 11) is 1.66. The Morgan fingerprint density at radius 2 is 1.80 bits per heavy atom. The summed E-state index contributed by atoms with van der Waals surface area (Å²) in [5.41, 5.74) is 0. The highest BCUT2D eigenvalue weighted by Gasteiger charge is 2.05. The van der Waals surface area contributed by atoms with Gasteiger partial charge in [0.15, 0.2) is 0 Å². The van der Waals surface area contributed by atoms with E-state index in [0.717, 1.165) is 29.9 Å². The Bertz CT molecular complexity index is 267. The number of hydrogen-bond donors (Lipinski definition) is 0. The normalized spacial score (nSPS) is 12.2. The molecule has 1 rings (SSSR count). The number of halogens is 1. The molecule has 0 aromatic heterocycles. The summed E-state index contributed by atoms with van der Waals surface area (Å²) in [6.07, 6.45) is 1.13. The molecule has 1 unspecified atom stereocenters. The molecule has 15 heavy (non-hydrogen) atoms. The second-order valence-electron chi connectivity index (χ2n) is 3.42. The Hall–Kier alpha value is -0.700. The van der Waals surface area contributed by atoms with Crippen LogP contribution in [0.15, 0.2) is 24.3 Å². The van der Waals surface area contributed by atoms with Crippen LogP contribution < -0.4 is 9.47 Å². The zero-order chi connectivity index (χ0) is 11.1. The van der Waals surface area contributed by atoms with Crippen molar-refractivity contribution in [2.45, 2.75) is 13.3 Å². The molecule has 1 aromatic carbocycles. The van der Waals surface area contributed by atoms with Crippen molar-refractivity contribution in [2.75, 3.05) is 19.0 Å². The van der Waals surface area contributed by atoms with E-state index >= 15 is 0 Å².